The minimum Gasteiger partial charge on any atom is -0.379 e. The van der Waals surface area contributed by atoms with Gasteiger partial charge in [-0.15, -0.1) is 0 Å². The molecule has 13 heteroatoms. The number of nitro benzene ring substituents is 1. The Labute approximate surface area is 177 Å². The maximum absolute atomic E-state index is 12.5. The fraction of sp³-hybridized carbons (Fsp3) is 0.389. The first-order valence-corrected chi connectivity index (χ1v) is 10.7. The van der Waals surface area contributed by atoms with E-state index in [4.69, 9.17) is 0 Å². The predicted octanol–water partition coefficient (Wildman–Crippen LogP) is 3.61. The van der Waals surface area contributed by atoms with Crippen LogP contribution >= 0.6 is 0 Å². The number of pyridine rings is 1. The van der Waals surface area contributed by atoms with Crippen molar-refractivity contribution in [3.05, 3.63) is 52.2 Å². The second-order valence-corrected chi connectivity index (χ2v) is 8.56. The summed E-state index contributed by atoms with van der Waals surface area (Å²) in [6, 6.07) is 5.33. The van der Waals surface area contributed by atoms with E-state index in [-0.39, 0.29) is 28.1 Å². The summed E-state index contributed by atoms with van der Waals surface area (Å²) < 4.78 is 64.3. The van der Waals surface area contributed by atoms with Crippen LogP contribution in [0.5, 0.6) is 0 Å². The van der Waals surface area contributed by atoms with E-state index in [1.807, 2.05) is 0 Å². The number of benzene rings is 1. The van der Waals surface area contributed by atoms with Crippen molar-refractivity contribution < 1.29 is 26.5 Å². The van der Waals surface area contributed by atoms with Crippen molar-refractivity contribution >= 4 is 27.2 Å². The number of nitrogens with zero attached hydrogens (tertiary/aromatic N) is 2. The Balaban J connectivity index is 1.94. The summed E-state index contributed by atoms with van der Waals surface area (Å²) in [5.74, 6) is 0.270. The zero-order valence-corrected chi connectivity index (χ0v) is 17.5. The first kappa shape index (κ1) is 24.3. The smallest absolute Gasteiger partial charge is 0.379 e. The number of rotatable bonds is 10. The Kier molecular flexibility index (Phi) is 7.79. The molecule has 0 atom stereocenters. The van der Waals surface area contributed by atoms with Crippen LogP contribution in [0.3, 0.4) is 0 Å². The van der Waals surface area contributed by atoms with Crippen molar-refractivity contribution in [2.75, 3.05) is 23.7 Å². The second-order valence-electron chi connectivity index (χ2n) is 6.85. The Bertz CT molecular complexity index is 1010. The molecule has 0 aliphatic rings. The maximum Gasteiger partial charge on any atom is 0.417 e. The maximum atomic E-state index is 12.5. The van der Waals surface area contributed by atoms with Crippen molar-refractivity contribution in [1.29, 1.82) is 0 Å². The van der Waals surface area contributed by atoms with Gasteiger partial charge in [0.1, 0.15) is 11.5 Å². The van der Waals surface area contributed by atoms with Crippen molar-refractivity contribution in [2.45, 2.75) is 37.4 Å². The molecule has 0 spiro atoms. The molecule has 170 valence electrons. The monoisotopic (exact) mass is 461 g/mol. The molecular weight excluding hydrogens is 439 g/mol. The van der Waals surface area contributed by atoms with Gasteiger partial charge in [-0.25, -0.2) is 18.1 Å². The van der Waals surface area contributed by atoms with Gasteiger partial charge in [0.05, 0.1) is 15.4 Å². The highest BCUT2D eigenvalue weighted by molar-refractivity contribution is 7.89. The first-order valence-electron chi connectivity index (χ1n) is 9.22. The third-order valence-electron chi connectivity index (χ3n) is 3.93. The van der Waals surface area contributed by atoms with E-state index >= 15 is 0 Å². The lowest BCUT2D eigenvalue weighted by atomic mass is 10.2. The Morgan fingerprint density at radius 1 is 1.13 bits per heavy atom. The Hall–Kier alpha value is -2.93. The van der Waals surface area contributed by atoms with Gasteiger partial charge >= 0.3 is 6.18 Å². The highest BCUT2D eigenvalue weighted by Crippen LogP contribution is 2.29. The summed E-state index contributed by atoms with van der Waals surface area (Å²) in [6.45, 7) is 3.92. The average molecular weight is 461 g/mol. The molecule has 0 aliphatic carbocycles. The molecule has 0 fully saturated rings. The van der Waals surface area contributed by atoms with Gasteiger partial charge in [-0.1, -0.05) is 0 Å². The lowest BCUT2D eigenvalue weighted by Gasteiger charge is -2.12. The fourth-order valence-corrected chi connectivity index (χ4v) is 3.82. The van der Waals surface area contributed by atoms with Gasteiger partial charge in [-0.3, -0.25) is 10.1 Å². The lowest BCUT2D eigenvalue weighted by Crippen LogP contribution is -2.30. The van der Waals surface area contributed by atoms with Crippen molar-refractivity contribution in [2.24, 2.45) is 0 Å². The molecule has 2 rings (SSSR count). The van der Waals surface area contributed by atoms with Gasteiger partial charge in [0.25, 0.3) is 5.69 Å². The molecule has 1 aromatic heterocycles. The summed E-state index contributed by atoms with van der Waals surface area (Å²) in [7, 11) is -3.87. The number of nitro groups is 1. The van der Waals surface area contributed by atoms with Crippen LogP contribution in [0, 0.1) is 10.1 Å². The van der Waals surface area contributed by atoms with Gasteiger partial charge in [-0.05, 0) is 44.5 Å². The number of halogens is 3. The highest BCUT2D eigenvalue weighted by Gasteiger charge is 2.30. The third-order valence-corrected chi connectivity index (χ3v) is 5.59. The number of alkyl halides is 3. The van der Waals surface area contributed by atoms with Gasteiger partial charge in [-0.2, -0.15) is 13.2 Å². The van der Waals surface area contributed by atoms with Crippen LogP contribution in [0.25, 0.3) is 0 Å². The van der Waals surface area contributed by atoms with E-state index < -0.39 is 26.7 Å². The average Bonchev–Trinajstić information content (AvgIpc) is 2.66. The van der Waals surface area contributed by atoms with Crippen LogP contribution in [0.15, 0.2) is 41.4 Å². The van der Waals surface area contributed by atoms with Crippen LogP contribution in [0.4, 0.5) is 30.4 Å². The number of nitrogens with one attached hydrogen (secondary N) is 3. The minimum absolute atomic E-state index is 0.154. The van der Waals surface area contributed by atoms with E-state index in [0.29, 0.717) is 19.5 Å². The van der Waals surface area contributed by atoms with Gasteiger partial charge in [0, 0.05) is 31.4 Å². The zero-order chi connectivity index (χ0) is 23.2. The molecule has 0 bridgehead atoms. The summed E-state index contributed by atoms with van der Waals surface area (Å²) in [4.78, 5) is 14.1. The highest BCUT2D eigenvalue weighted by atomic mass is 32.2. The van der Waals surface area contributed by atoms with Crippen LogP contribution in [0.1, 0.15) is 25.8 Å². The molecule has 1 heterocycles. The van der Waals surface area contributed by atoms with Gasteiger partial charge in [0.2, 0.25) is 10.0 Å². The van der Waals surface area contributed by atoms with E-state index in [1.165, 1.54) is 18.2 Å². The quantitative estimate of drug-likeness (QED) is 0.280. The molecule has 0 saturated carbocycles. The van der Waals surface area contributed by atoms with Gasteiger partial charge in [0.15, 0.2) is 0 Å². The normalized spacial score (nSPS) is 12.1. The van der Waals surface area contributed by atoms with Crippen LogP contribution in [-0.2, 0) is 16.2 Å². The lowest BCUT2D eigenvalue weighted by molar-refractivity contribution is -0.384. The number of sulfonamides is 1. The van der Waals surface area contributed by atoms with E-state index in [2.05, 4.69) is 20.3 Å². The van der Waals surface area contributed by atoms with Crippen LogP contribution in [-0.4, -0.2) is 37.5 Å². The van der Waals surface area contributed by atoms with Crippen molar-refractivity contribution in [3.63, 3.8) is 0 Å². The SMILES string of the molecule is CC(C)NS(=O)(=O)c1ccc(NCCCNc2ccc(C(F)(F)F)cn2)c([N+](=O)[O-])c1. The molecule has 0 aliphatic heterocycles. The van der Waals surface area contributed by atoms with Gasteiger partial charge < -0.3 is 10.6 Å². The van der Waals surface area contributed by atoms with Crippen LogP contribution < -0.4 is 15.4 Å². The summed E-state index contributed by atoms with van der Waals surface area (Å²) >= 11 is 0. The second kappa shape index (κ2) is 9.92. The molecule has 0 radical (unpaired) electrons. The molecule has 0 unspecified atom stereocenters. The molecule has 31 heavy (non-hydrogen) atoms. The largest absolute Gasteiger partial charge is 0.417 e. The molecular formula is C18H22F3N5O4S. The Morgan fingerprint density at radius 3 is 2.35 bits per heavy atom. The molecule has 0 saturated heterocycles. The molecule has 1 aromatic carbocycles. The number of anilines is 2. The molecule has 0 amide bonds. The van der Waals surface area contributed by atoms with Crippen molar-refractivity contribution in [1.82, 2.24) is 9.71 Å². The predicted molar refractivity (Wildman–Crippen MR) is 109 cm³/mol. The first-order chi connectivity index (χ1) is 14.4. The number of hydrogen-bond acceptors (Lipinski definition) is 7. The van der Waals surface area contributed by atoms with Crippen LogP contribution in [0.2, 0.25) is 0 Å². The summed E-state index contributed by atoms with van der Waals surface area (Å²) in [5, 5.41) is 17.1. The molecule has 9 nitrogen and oxygen atoms in total. The summed E-state index contributed by atoms with van der Waals surface area (Å²) in [6.07, 6.45) is -3.26. The molecule has 2 aromatic rings. The Morgan fingerprint density at radius 2 is 1.81 bits per heavy atom. The topological polar surface area (TPSA) is 126 Å². The van der Waals surface area contributed by atoms with Crippen molar-refractivity contribution in [3.8, 4) is 0 Å². The minimum atomic E-state index is -4.45. The van der Waals surface area contributed by atoms with E-state index in [1.54, 1.807) is 13.8 Å². The molecule has 3 N–H and O–H groups in total. The number of aromatic nitrogens is 1. The standard InChI is InChI=1S/C18H22F3N5O4S/c1-12(2)25-31(29,30)14-5-6-15(16(10-14)26(27)28)22-8-3-9-23-17-7-4-13(11-24-17)18(19,20)21/h4-7,10-12,22,25H,3,8-9H2,1-2H3,(H,23,24). The van der Waals surface area contributed by atoms with E-state index in [9.17, 15) is 31.7 Å². The number of hydrogen-bond donors (Lipinski definition) is 3. The third kappa shape index (κ3) is 7.07. The zero-order valence-electron chi connectivity index (χ0n) is 16.7. The fourth-order valence-electron chi connectivity index (χ4n) is 2.55. The van der Waals surface area contributed by atoms with E-state index in [0.717, 1.165) is 18.3 Å². The summed E-state index contributed by atoms with van der Waals surface area (Å²) in [5.41, 5.74) is -1.08.